The van der Waals surface area contributed by atoms with Crippen molar-refractivity contribution in [2.24, 2.45) is 0 Å². The highest BCUT2D eigenvalue weighted by atomic mass is 16.5. The normalized spacial score (nSPS) is 17.7. The number of carbonyl (C=O) groups is 1. The number of ether oxygens (including phenoxy) is 1. The molecule has 0 saturated heterocycles. The molecule has 2 rings (SSSR count). The molecule has 0 aromatic carbocycles. The smallest absolute Gasteiger partial charge is 0.360 e. The number of methoxy groups -OCH3 is 1. The molecule has 1 fully saturated rings. The molecule has 0 N–H and O–H groups in total. The van der Waals surface area contributed by atoms with Gasteiger partial charge in [-0.1, -0.05) is 19.3 Å². The highest BCUT2D eigenvalue weighted by Gasteiger charge is 2.22. The second kappa shape index (κ2) is 4.47. The highest BCUT2D eigenvalue weighted by molar-refractivity contribution is 5.86. The van der Waals surface area contributed by atoms with Gasteiger partial charge in [0.2, 0.25) is 0 Å². The van der Waals surface area contributed by atoms with Gasteiger partial charge in [-0.05, 0) is 12.8 Å². The van der Waals surface area contributed by atoms with E-state index in [4.69, 9.17) is 4.42 Å². The zero-order valence-corrected chi connectivity index (χ0v) is 8.86. The van der Waals surface area contributed by atoms with Crippen molar-refractivity contribution in [1.82, 2.24) is 4.98 Å². The monoisotopic (exact) mass is 209 g/mol. The minimum absolute atomic E-state index is 0.276. The van der Waals surface area contributed by atoms with Crippen molar-refractivity contribution in [3.8, 4) is 0 Å². The van der Waals surface area contributed by atoms with Crippen LogP contribution in [0, 0.1) is 0 Å². The summed E-state index contributed by atoms with van der Waals surface area (Å²) >= 11 is 0. The maximum atomic E-state index is 11.2. The van der Waals surface area contributed by atoms with Crippen LogP contribution in [0.3, 0.4) is 0 Å². The predicted molar refractivity (Wildman–Crippen MR) is 53.7 cm³/mol. The summed E-state index contributed by atoms with van der Waals surface area (Å²) in [6.07, 6.45) is 7.35. The molecule has 0 radical (unpaired) electrons. The van der Waals surface area contributed by atoms with Crippen LogP contribution in [0.25, 0.3) is 0 Å². The lowest BCUT2D eigenvalue weighted by Crippen LogP contribution is -2.06. The number of hydrogen-bond acceptors (Lipinski definition) is 4. The minimum Gasteiger partial charge on any atom is -0.464 e. The van der Waals surface area contributed by atoms with Gasteiger partial charge in [0, 0.05) is 5.92 Å². The van der Waals surface area contributed by atoms with Crippen molar-refractivity contribution in [3.63, 3.8) is 0 Å². The van der Waals surface area contributed by atoms with E-state index in [1.165, 1.54) is 32.6 Å². The van der Waals surface area contributed by atoms with Gasteiger partial charge in [-0.3, -0.25) is 0 Å². The van der Waals surface area contributed by atoms with Crippen molar-refractivity contribution < 1.29 is 13.9 Å². The van der Waals surface area contributed by atoms with Crippen molar-refractivity contribution in [2.75, 3.05) is 7.11 Å². The van der Waals surface area contributed by atoms with Crippen molar-refractivity contribution >= 4 is 5.97 Å². The van der Waals surface area contributed by atoms with Gasteiger partial charge in [0.1, 0.15) is 6.26 Å². The van der Waals surface area contributed by atoms with E-state index in [1.807, 2.05) is 0 Å². The van der Waals surface area contributed by atoms with Crippen LogP contribution in [0.2, 0.25) is 0 Å². The fourth-order valence-electron chi connectivity index (χ4n) is 2.02. The lowest BCUT2D eigenvalue weighted by molar-refractivity contribution is 0.0594. The van der Waals surface area contributed by atoms with Crippen molar-refractivity contribution in [3.05, 3.63) is 17.8 Å². The summed E-state index contributed by atoms with van der Waals surface area (Å²) in [5, 5.41) is 0. The van der Waals surface area contributed by atoms with Crippen LogP contribution in [0.5, 0.6) is 0 Å². The first-order chi connectivity index (χ1) is 7.31. The summed E-state index contributed by atoms with van der Waals surface area (Å²) < 4.78 is 9.89. The topological polar surface area (TPSA) is 52.3 Å². The van der Waals surface area contributed by atoms with Crippen LogP contribution in [0.15, 0.2) is 10.7 Å². The first kappa shape index (κ1) is 10.2. The number of aromatic nitrogens is 1. The SMILES string of the molecule is COC(=O)c1coc(C2CCCCC2)n1. The van der Waals surface area contributed by atoms with Crippen LogP contribution in [0.1, 0.15) is 54.4 Å². The third-order valence-electron chi connectivity index (χ3n) is 2.87. The molecule has 4 nitrogen and oxygen atoms in total. The van der Waals surface area contributed by atoms with Crippen LogP contribution >= 0.6 is 0 Å². The molecule has 1 aromatic rings. The predicted octanol–water partition coefficient (Wildman–Crippen LogP) is 2.51. The molecule has 1 aliphatic carbocycles. The molecule has 0 unspecified atom stereocenters. The highest BCUT2D eigenvalue weighted by Crippen LogP contribution is 2.31. The maximum absolute atomic E-state index is 11.2. The molecular weight excluding hydrogens is 194 g/mol. The fourth-order valence-corrected chi connectivity index (χ4v) is 2.02. The molecule has 0 spiro atoms. The van der Waals surface area contributed by atoms with Crippen LogP contribution in [0.4, 0.5) is 0 Å². The zero-order valence-electron chi connectivity index (χ0n) is 8.86. The van der Waals surface area contributed by atoms with E-state index in [9.17, 15) is 4.79 Å². The molecule has 0 amide bonds. The number of esters is 1. The Morgan fingerprint density at radius 2 is 2.20 bits per heavy atom. The second-order valence-electron chi connectivity index (χ2n) is 3.90. The summed E-state index contributed by atoms with van der Waals surface area (Å²) in [6.45, 7) is 0. The maximum Gasteiger partial charge on any atom is 0.360 e. The molecule has 1 saturated carbocycles. The summed E-state index contributed by atoms with van der Waals surface area (Å²) in [5.41, 5.74) is 0.276. The molecule has 15 heavy (non-hydrogen) atoms. The van der Waals surface area contributed by atoms with Crippen LogP contribution in [-0.4, -0.2) is 18.1 Å². The second-order valence-corrected chi connectivity index (χ2v) is 3.90. The molecule has 0 aliphatic heterocycles. The lowest BCUT2D eigenvalue weighted by Gasteiger charge is -2.17. The van der Waals surface area contributed by atoms with Gasteiger partial charge in [0.25, 0.3) is 0 Å². The van der Waals surface area contributed by atoms with Gasteiger partial charge in [0.15, 0.2) is 11.6 Å². The van der Waals surface area contributed by atoms with Crippen LogP contribution < -0.4 is 0 Å². The number of rotatable bonds is 2. The Hall–Kier alpha value is -1.32. The Morgan fingerprint density at radius 1 is 1.47 bits per heavy atom. The van der Waals surface area contributed by atoms with E-state index in [2.05, 4.69) is 9.72 Å². The molecule has 0 bridgehead atoms. The van der Waals surface area contributed by atoms with Crippen LogP contribution in [-0.2, 0) is 4.74 Å². The van der Waals surface area contributed by atoms with E-state index in [1.54, 1.807) is 0 Å². The summed E-state index contributed by atoms with van der Waals surface area (Å²) in [4.78, 5) is 15.3. The average Bonchev–Trinajstić information content (AvgIpc) is 2.78. The van der Waals surface area contributed by atoms with E-state index >= 15 is 0 Å². The van der Waals surface area contributed by atoms with E-state index in [0.29, 0.717) is 11.8 Å². The Balaban J connectivity index is 2.08. The number of oxazole rings is 1. The summed E-state index contributed by atoms with van der Waals surface area (Å²) in [7, 11) is 1.34. The Labute approximate surface area is 88.6 Å². The fraction of sp³-hybridized carbons (Fsp3) is 0.636. The molecule has 1 aliphatic rings. The van der Waals surface area contributed by atoms with Gasteiger partial charge in [-0.25, -0.2) is 9.78 Å². The number of carbonyl (C=O) groups excluding carboxylic acids is 1. The Bertz CT molecular complexity index is 339. The largest absolute Gasteiger partial charge is 0.464 e. The average molecular weight is 209 g/mol. The first-order valence-electron chi connectivity index (χ1n) is 5.35. The van der Waals surface area contributed by atoms with Gasteiger partial charge in [-0.15, -0.1) is 0 Å². The van der Waals surface area contributed by atoms with Gasteiger partial charge in [-0.2, -0.15) is 0 Å². The third kappa shape index (κ3) is 2.19. The zero-order chi connectivity index (χ0) is 10.7. The Kier molecular flexibility index (Phi) is 3.04. The van der Waals surface area contributed by atoms with E-state index in [0.717, 1.165) is 12.8 Å². The van der Waals surface area contributed by atoms with Gasteiger partial charge >= 0.3 is 5.97 Å². The molecule has 1 aromatic heterocycles. The summed E-state index contributed by atoms with van der Waals surface area (Å²) in [6, 6.07) is 0. The molecule has 0 atom stereocenters. The van der Waals surface area contributed by atoms with Crippen molar-refractivity contribution in [1.29, 1.82) is 0 Å². The van der Waals surface area contributed by atoms with Gasteiger partial charge < -0.3 is 9.15 Å². The van der Waals surface area contributed by atoms with Gasteiger partial charge in [0.05, 0.1) is 7.11 Å². The van der Waals surface area contributed by atoms with Crippen molar-refractivity contribution in [2.45, 2.75) is 38.0 Å². The van der Waals surface area contributed by atoms with E-state index in [-0.39, 0.29) is 5.69 Å². The Morgan fingerprint density at radius 3 is 2.87 bits per heavy atom. The number of hydrogen-bond donors (Lipinski definition) is 0. The summed E-state index contributed by atoms with van der Waals surface area (Å²) in [5.74, 6) is 0.646. The minimum atomic E-state index is -0.430. The standard InChI is InChI=1S/C11H15NO3/c1-14-11(13)9-7-15-10(12-9)8-5-3-2-4-6-8/h7-8H,2-6H2,1H3. The molecule has 82 valence electrons. The lowest BCUT2D eigenvalue weighted by atomic mass is 9.89. The number of nitrogens with zero attached hydrogens (tertiary/aromatic N) is 1. The van der Waals surface area contributed by atoms with E-state index < -0.39 is 5.97 Å². The molecule has 4 heteroatoms. The third-order valence-corrected chi connectivity index (χ3v) is 2.87. The quantitative estimate of drug-likeness (QED) is 0.702. The molecular formula is C11H15NO3. The first-order valence-corrected chi connectivity index (χ1v) is 5.35. The molecule has 1 heterocycles.